The van der Waals surface area contributed by atoms with E-state index in [0.717, 1.165) is 35.6 Å². The first-order chi connectivity index (χ1) is 15.8. The van der Waals surface area contributed by atoms with Gasteiger partial charge in [-0.05, 0) is 62.6 Å². The maximum absolute atomic E-state index is 13.0. The van der Waals surface area contributed by atoms with Crippen LogP contribution in [0.3, 0.4) is 0 Å². The van der Waals surface area contributed by atoms with Gasteiger partial charge in [0, 0.05) is 12.2 Å². The van der Waals surface area contributed by atoms with Gasteiger partial charge >= 0.3 is 6.03 Å². The number of rotatable bonds is 4. The minimum atomic E-state index is -0.972. The molecule has 3 aliphatic heterocycles. The van der Waals surface area contributed by atoms with Crippen molar-refractivity contribution < 1.29 is 28.7 Å². The van der Waals surface area contributed by atoms with Crippen LogP contribution >= 0.6 is 0 Å². The van der Waals surface area contributed by atoms with Gasteiger partial charge in [0.15, 0.2) is 0 Å². The Bertz CT molecular complexity index is 1060. The monoisotopic (exact) mass is 454 g/mol. The molecular formula is C23H26N4O6. The first kappa shape index (κ1) is 21.6. The summed E-state index contributed by atoms with van der Waals surface area (Å²) in [5.41, 5.74) is 1.82. The first-order valence-corrected chi connectivity index (χ1v) is 11.4. The molecule has 4 aliphatic rings. The van der Waals surface area contributed by atoms with Gasteiger partial charge in [-0.15, -0.1) is 0 Å². The number of ether oxygens (including phenoxy) is 1. The molecule has 10 nitrogen and oxygen atoms in total. The van der Waals surface area contributed by atoms with Crippen LogP contribution in [-0.4, -0.2) is 64.4 Å². The van der Waals surface area contributed by atoms with Crippen LogP contribution in [0, 0.1) is 5.92 Å². The molecule has 3 fully saturated rings. The van der Waals surface area contributed by atoms with Crippen molar-refractivity contribution in [3.8, 4) is 0 Å². The molecule has 0 bridgehead atoms. The zero-order valence-corrected chi connectivity index (χ0v) is 18.4. The normalized spacial score (nSPS) is 29.1. The molecule has 5 rings (SSSR count). The van der Waals surface area contributed by atoms with E-state index in [4.69, 9.17) is 4.74 Å². The average molecular weight is 454 g/mol. The van der Waals surface area contributed by atoms with E-state index in [9.17, 15) is 24.0 Å². The van der Waals surface area contributed by atoms with E-state index in [2.05, 4.69) is 17.7 Å². The smallest absolute Gasteiger partial charge is 0.344 e. The molecule has 1 aromatic carbocycles. The summed E-state index contributed by atoms with van der Waals surface area (Å²) < 4.78 is 5.53. The number of hydrazine groups is 1. The quantitative estimate of drug-likeness (QED) is 0.526. The molecule has 1 atom stereocenters. The highest BCUT2D eigenvalue weighted by atomic mass is 16.5. The molecule has 174 valence electrons. The van der Waals surface area contributed by atoms with Crippen molar-refractivity contribution in [2.75, 3.05) is 13.2 Å². The van der Waals surface area contributed by atoms with Gasteiger partial charge in [0.1, 0.15) is 5.54 Å². The van der Waals surface area contributed by atoms with Gasteiger partial charge in [-0.3, -0.25) is 29.5 Å². The topological polar surface area (TPSA) is 125 Å². The number of urea groups is 1. The Morgan fingerprint density at radius 2 is 1.85 bits per heavy atom. The standard InChI is InChI=1S/C23H26N4O6/c1-13-6-8-23(9-7-13)21(31)27(22(32)24-23)25-18(28)14-4-5-16-17(11-14)20(30)26(19(16)29)12-15-3-2-10-33-15/h4-5,11,13,15H,2-3,6-10,12H2,1H3,(H,24,32)(H,25,28)/t13?,15-,23?/m0/s1. The molecule has 33 heavy (non-hydrogen) atoms. The highest BCUT2D eigenvalue weighted by Gasteiger charge is 2.53. The molecule has 2 saturated heterocycles. The Kier molecular flexibility index (Phi) is 5.19. The van der Waals surface area contributed by atoms with Gasteiger partial charge in [-0.2, -0.15) is 5.01 Å². The maximum Gasteiger partial charge on any atom is 0.344 e. The lowest BCUT2D eigenvalue weighted by Crippen LogP contribution is -2.51. The third-order valence-electron chi connectivity index (χ3n) is 7.15. The number of carbonyl (C=O) groups excluding carboxylic acids is 5. The van der Waals surface area contributed by atoms with E-state index >= 15 is 0 Å². The van der Waals surface area contributed by atoms with Crippen molar-refractivity contribution in [3.05, 3.63) is 34.9 Å². The number of nitrogens with zero attached hydrogens (tertiary/aromatic N) is 2. The van der Waals surface area contributed by atoms with Gasteiger partial charge in [0.2, 0.25) is 0 Å². The molecule has 2 N–H and O–H groups in total. The fourth-order valence-electron chi connectivity index (χ4n) is 5.07. The molecule has 1 aromatic rings. The van der Waals surface area contributed by atoms with Crippen LogP contribution in [0.5, 0.6) is 0 Å². The first-order valence-electron chi connectivity index (χ1n) is 11.4. The van der Waals surface area contributed by atoms with E-state index in [-0.39, 0.29) is 29.3 Å². The van der Waals surface area contributed by atoms with Gasteiger partial charge in [-0.25, -0.2) is 4.79 Å². The average Bonchev–Trinajstić information content (AvgIpc) is 3.46. The van der Waals surface area contributed by atoms with Crippen molar-refractivity contribution in [2.24, 2.45) is 5.92 Å². The van der Waals surface area contributed by atoms with E-state index in [0.29, 0.717) is 25.4 Å². The largest absolute Gasteiger partial charge is 0.376 e. The Hall–Kier alpha value is -3.27. The summed E-state index contributed by atoms with van der Waals surface area (Å²) in [5, 5.41) is 3.47. The second-order valence-corrected chi connectivity index (χ2v) is 9.39. The van der Waals surface area contributed by atoms with Crippen LogP contribution in [-0.2, 0) is 9.53 Å². The Balaban J connectivity index is 1.30. The summed E-state index contributed by atoms with van der Waals surface area (Å²) in [7, 11) is 0. The Labute approximate surface area is 190 Å². The summed E-state index contributed by atoms with van der Waals surface area (Å²) in [4.78, 5) is 64.9. The minimum Gasteiger partial charge on any atom is -0.376 e. The molecular weight excluding hydrogens is 428 g/mol. The fourth-order valence-corrected chi connectivity index (χ4v) is 5.07. The second-order valence-electron chi connectivity index (χ2n) is 9.39. The highest BCUT2D eigenvalue weighted by Crippen LogP contribution is 2.36. The number of imide groups is 2. The minimum absolute atomic E-state index is 0.0766. The highest BCUT2D eigenvalue weighted by molar-refractivity contribution is 6.22. The van der Waals surface area contributed by atoms with Crippen LogP contribution in [0.2, 0.25) is 0 Å². The second kappa shape index (κ2) is 7.95. The van der Waals surface area contributed by atoms with Crippen molar-refractivity contribution in [2.45, 2.75) is 57.1 Å². The maximum atomic E-state index is 13.0. The summed E-state index contributed by atoms with van der Waals surface area (Å²) in [5.74, 6) is -1.59. The molecule has 1 aliphatic carbocycles. The molecule has 3 heterocycles. The van der Waals surface area contributed by atoms with Gasteiger partial charge in [0.25, 0.3) is 23.6 Å². The lowest BCUT2D eigenvalue weighted by molar-refractivity contribution is -0.134. The lowest BCUT2D eigenvalue weighted by Gasteiger charge is -2.33. The van der Waals surface area contributed by atoms with E-state index in [1.165, 1.54) is 18.2 Å². The van der Waals surface area contributed by atoms with E-state index < -0.39 is 35.2 Å². The summed E-state index contributed by atoms with van der Waals surface area (Å²) in [6, 6.07) is 3.50. The Morgan fingerprint density at radius 1 is 1.12 bits per heavy atom. The third-order valence-corrected chi connectivity index (χ3v) is 7.15. The predicted molar refractivity (Wildman–Crippen MR) is 114 cm³/mol. The summed E-state index contributed by atoms with van der Waals surface area (Å²) in [6.45, 7) is 2.90. The molecule has 1 spiro atoms. The number of benzene rings is 1. The van der Waals surface area contributed by atoms with E-state index in [1.54, 1.807) is 0 Å². The van der Waals surface area contributed by atoms with Crippen LogP contribution in [0.1, 0.15) is 76.5 Å². The number of carbonyl (C=O) groups is 5. The number of hydrogen-bond donors (Lipinski definition) is 2. The molecule has 6 amide bonds. The van der Waals surface area contributed by atoms with Crippen LogP contribution < -0.4 is 10.7 Å². The number of amides is 6. The van der Waals surface area contributed by atoms with Gasteiger partial charge in [-0.1, -0.05) is 6.92 Å². The van der Waals surface area contributed by atoms with Crippen molar-refractivity contribution in [1.82, 2.24) is 20.7 Å². The molecule has 0 unspecified atom stereocenters. The van der Waals surface area contributed by atoms with Crippen LogP contribution in [0.4, 0.5) is 4.79 Å². The van der Waals surface area contributed by atoms with Crippen molar-refractivity contribution >= 4 is 29.7 Å². The number of nitrogens with one attached hydrogen (secondary N) is 2. The number of fused-ring (bicyclic) bond motifs is 1. The third kappa shape index (κ3) is 3.58. The molecule has 10 heteroatoms. The van der Waals surface area contributed by atoms with Gasteiger partial charge in [0.05, 0.1) is 23.8 Å². The lowest BCUT2D eigenvalue weighted by atomic mass is 9.77. The molecule has 0 aromatic heterocycles. The molecule has 1 saturated carbocycles. The Morgan fingerprint density at radius 3 is 2.55 bits per heavy atom. The molecule has 0 radical (unpaired) electrons. The number of hydrogen-bond acceptors (Lipinski definition) is 6. The van der Waals surface area contributed by atoms with E-state index in [1.807, 2.05) is 0 Å². The SMILES string of the molecule is CC1CCC2(CC1)NC(=O)N(NC(=O)c1ccc3c(c1)C(=O)N(C[C@@H]1CCCO1)C3=O)C2=O. The van der Waals surface area contributed by atoms with Crippen LogP contribution in [0.15, 0.2) is 18.2 Å². The summed E-state index contributed by atoms with van der Waals surface area (Å²) >= 11 is 0. The van der Waals surface area contributed by atoms with Crippen LogP contribution in [0.25, 0.3) is 0 Å². The van der Waals surface area contributed by atoms with Gasteiger partial charge < -0.3 is 10.1 Å². The zero-order valence-electron chi connectivity index (χ0n) is 18.4. The van der Waals surface area contributed by atoms with Crippen molar-refractivity contribution in [3.63, 3.8) is 0 Å². The fraction of sp³-hybridized carbons (Fsp3) is 0.522. The predicted octanol–water partition coefficient (Wildman–Crippen LogP) is 1.61. The summed E-state index contributed by atoms with van der Waals surface area (Å²) in [6.07, 6.45) is 4.19. The zero-order chi connectivity index (χ0) is 23.3. The van der Waals surface area contributed by atoms with Crippen molar-refractivity contribution in [1.29, 1.82) is 0 Å².